The Morgan fingerprint density at radius 1 is 1.19 bits per heavy atom. The molecule has 1 aliphatic heterocycles. The van der Waals surface area contributed by atoms with Crippen LogP contribution in [0.15, 0.2) is 0 Å². The minimum atomic E-state index is -4.50. The smallest absolute Gasteiger partial charge is 0.303 e. The Labute approximate surface area is 125 Å². The van der Waals surface area contributed by atoms with Crippen molar-refractivity contribution < 1.29 is 21.6 Å². The molecule has 1 saturated heterocycles. The van der Waals surface area contributed by atoms with E-state index >= 15 is 0 Å². The van der Waals surface area contributed by atoms with Crippen LogP contribution < -0.4 is 0 Å². The number of likely N-dealkylation sites (tertiary alicyclic amines) is 1. The molecule has 0 aromatic rings. The first-order valence-electron chi connectivity index (χ1n) is 7.39. The first kappa shape index (κ1) is 18.7. The summed E-state index contributed by atoms with van der Waals surface area (Å²) in [5.74, 6) is 0. The average Bonchev–Trinajstić information content (AvgIpc) is 2.35. The Hall–Kier alpha value is -0.340. The molecule has 126 valence electrons. The molecule has 0 N–H and O–H groups in total. The molecule has 21 heavy (non-hydrogen) atoms. The van der Waals surface area contributed by atoms with E-state index in [1.807, 2.05) is 0 Å². The number of hydrogen-bond donors (Lipinski definition) is 0. The number of nitrogens with zero attached hydrogens (tertiary/aromatic N) is 2. The monoisotopic (exact) mass is 330 g/mol. The number of unbranched alkanes of at least 4 members (excludes halogenated alkanes) is 2. The van der Waals surface area contributed by atoms with Crippen molar-refractivity contribution in [3.05, 3.63) is 0 Å². The Morgan fingerprint density at radius 3 is 2.19 bits per heavy atom. The van der Waals surface area contributed by atoms with E-state index in [2.05, 4.69) is 11.8 Å². The lowest BCUT2D eigenvalue weighted by molar-refractivity contribution is -0.140. The summed E-state index contributed by atoms with van der Waals surface area (Å²) in [6.45, 7) is 3.01. The van der Waals surface area contributed by atoms with Gasteiger partial charge in [-0.3, -0.25) is 0 Å². The minimum absolute atomic E-state index is 0.468. The topological polar surface area (TPSA) is 40.6 Å². The van der Waals surface area contributed by atoms with Crippen molar-refractivity contribution in [1.82, 2.24) is 9.21 Å². The first-order chi connectivity index (χ1) is 9.63. The average molecular weight is 330 g/mol. The number of rotatable bonds is 7. The number of hydrogen-bond acceptors (Lipinski definition) is 3. The molecule has 1 rings (SSSR count). The SMILES string of the molecule is CCCCCN1CCC(N(CC(F)(F)F)S(C)(=O)=O)CC1. The number of halogens is 3. The molecule has 1 heterocycles. The fourth-order valence-electron chi connectivity index (χ4n) is 2.71. The van der Waals surface area contributed by atoms with Crippen LogP contribution in [0.2, 0.25) is 0 Å². The molecule has 0 aliphatic carbocycles. The molecule has 4 nitrogen and oxygen atoms in total. The molecule has 0 amide bonds. The van der Waals surface area contributed by atoms with Crippen molar-refractivity contribution in [3.8, 4) is 0 Å². The van der Waals surface area contributed by atoms with E-state index in [-0.39, 0.29) is 0 Å². The summed E-state index contributed by atoms with van der Waals surface area (Å²) < 4.78 is 61.5. The highest BCUT2D eigenvalue weighted by Crippen LogP contribution is 2.25. The van der Waals surface area contributed by atoms with Crippen LogP contribution in [0, 0.1) is 0 Å². The third kappa shape index (κ3) is 6.97. The highest BCUT2D eigenvalue weighted by molar-refractivity contribution is 7.88. The molecule has 0 saturated carbocycles. The third-order valence-electron chi connectivity index (χ3n) is 3.80. The van der Waals surface area contributed by atoms with Gasteiger partial charge in [-0.05, 0) is 38.9 Å². The van der Waals surface area contributed by atoms with Gasteiger partial charge in [-0.1, -0.05) is 19.8 Å². The van der Waals surface area contributed by atoms with Gasteiger partial charge in [0, 0.05) is 6.04 Å². The van der Waals surface area contributed by atoms with Gasteiger partial charge in [0.05, 0.1) is 6.26 Å². The number of sulfonamides is 1. The van der Waals surface area contributed by atoms with Crippen molar-refractivity contribution in [3.63, 3.8) is 0 Å². The molecule has 0 unspecified atom stereocenters. The maximum Gasteiger partial charge on any atom is 0.402 e. The van der Waals surface area contributed by atoms with Gasteiger partial charge in [-0.15, -0.1) is 0 Å². The number of piperidine rings is 1. The molecule has 0 atom stereocenters. The van der Waals surface area contributed by atoms with Crippen LogP contribution in [0.3, 0.4) is 0 Å². The van der Waals surface area contributed by atoms with Gasteiger partial charge in [0.1, 0.15) is 6.54 Å². The van der Waals surface area contributed by atoms with Gasteiger partial charge in [-0.25, -0.2) is 8.42 Å². The van der Waals surface area contributed by atoms with Crippen LogP contribution in [0.4, 0.5) is 13.2 Å². The van der Waals surface area contributed by atoms with Crippen LogP contribution >= 0.6 is 0 Å². The zero-order valence-corrected chi connectivity index (χ0v) is 13.5. The van der Waals surface area contributed by atoms with Crippen LogP contribution in [-0.4, -0.2) is 62.3 Å². The number of alkyl halides is 3. The normalized spacial score (nSPS) is 19.3. The van der Waals surface area contributed by atoms with Gasteiger partial charge >= 0.3 is 6.18 Å². The second-order valence-electron chi connectivity index (χ2n) is 5.70. The van der Waals surface area contributed by atoms with Crippen molar-refractivity contribution in [2.24, 2.45) is 0 Å². The van der Waals surface area contributed by atoms with Crippen molar-refractivity contribution in [2.45, 2.75) is 51.2 Å². The predicted molar refractivity (Wildman–Crippen MR) is 76.6 cm³/mol. The Bertz CT molecular complexity index is 404. The molecule has 8 heteroatoms. The van der Waals surface area contributed by atoms with E-state index in [0.717, 1.165) is 32.1 Å². The third-order valence-corrected chi connectivity index (χ3v) is 5.08. The highest BCUT2D eigenvalue weighted by Gasteiger charge is 2.39. The van der Waals surface area contributed by atoms with Crippen LogP contribution in [0.1, 0.15) is 39.0 Å². The predicted octanol–water partition coefficient (Wildman–Crippen LogP) is 2.46. The maximum atomic E-state index is 12.6. The zero-order valence-electron chi connectivity index (χ0n) is 12.7. The summed E-state index contributed by atoms with van der Waals surface area (Å²) in [5, 5.41) is 0. The maximum absolute atomic E-state index is 12.6. The molecule has 0 radical (unpaired) electrons. The molecule has 0 bridgehead atoms. The zero-order chi connectivity index (χ0) is 16.1. The van der Waals surface area contributed by atoms with E-state index in [1.54, 1.807) is 0 Å². The molecular formula is C13H25F3N2O2S. The molecule has 1 fully saturated rings. The van der Waals surface area contributed by atoms with E-state index in [9.17, 15) is 21.6 Å². The van der Waals surface area contributed by atoms with Crippen LogP contribution in [0.5, 0.6) is 0 Å². The Balaban J connectivity index is 2.56. The molecule has 1 aliphatic rings. The molecular weight excluding hydrogens is 305 g/mol. The second kappa shape index (κ2) is 7.78. The summed E-state index contributed by atoms with van der Waals surface area (Å²) in [6, 6.07) is -0.538. The molecule has 0 spiro atoms. The molecule has 0 aromatic heterocycles. The fourth-order valence-corrected chi connectivity index (χ4v) is 3.84. The van der Waals surface area contributed by atoms with Gasteiger partial charge in [0.25, 0.3) is 0 Å². The Morgan fingerprint density at radius 2 is 1.76 bits per heavy atom. The Kier molecular flexibility index (Phi) is 6.93. The van der Waals surface area contributed by atoms with Crippen LogP contribution in [0.25, 0.3) is 0 Å². The highest BCUT2D eigenvalue weighted by atomic mass is 32.2. The van der Waals surface area contributed by atoms with Crippen molar-refractivity contribution in [2.75, 3.05) is 32.4 Å². The minimum Gasteiger partial charge on any atom is -0.303 e. The van der Waals surface area contributed by atoms with Gasteiger partial charge in [0.15, 0.2) is 0 Å². The quantitative estimate of drug-likeness (QED) is 0.673. The van der Waals surface area contributed by atoms with E-state index in [0.29, 0.717) is 30.2 Å². The second-order valence-corrected chi connectivity index (χ2v) is 7.64. The summed E-state index contributed by atoms with van der Waals surface area (Å²) in [7, 11) is -3.84. The van der Waals surface area contributed by atoms with Gasteiger partial charge in [-0.2, -0.15) is 17.5 Å². The van der Waals surface area contributed by atoms with E-state index in [4.69, 9.17) is 0 Å². The standard InChI is InChI=1S/C13H25F3N2O2S/c1-3-4-5-8-17-9-6-12(7-10-17)18(21(2,19)20)11-13(14,15)16/h12H,3-11H2,1-2H3. The van der Waals surface area contributed by atoms with Crippen LogP contribution in [-0.2, 0) is 10.0 Å². The lowest BCUT2D eigenvalue weighted by Crippen LogP contribution is -2.50. The van der Waals surface area contributed by atoms with E-state index in [1.165, 1.54) is 0 Å². The summed E-state index contributed by atoms with van der Waals surface area (Å²) >= 11 is 0. The lowest BCUT2D eigenvalue weighted by Gasteiger charge is -2.37. The van der Waals surface area contributed by atoms with E-state index < -0.39 is 28.8 Å². The van der Waals surface area contributed by atoms with Crippen molar-refractivity contribution >= 4 is 10.0 Å². The summed E-state index contributed by atoms with van der Waals surface area (Å²) in [4.78, 5) is 2.21. The lowest BCUT2D eigenvalue weighted by atomic mass is 10.0. The largest absolute Gasteiger partial charge is 0.402 e. The first-order valence-corrected chi connectivity index (χ1v) is 9.24. The summed E-state index contributed by atoms with van der Waals surface area (Å²) in [5.41, 5.74) is 0. The van der Waals surface area contributed by atoms with Gasteiger partial charge < -0.3 is 4.90 Å². The van der Waals surface area contributed by atoms with Gasteiger partial charge in [0.2, 0.25) is 10.0 Å². The molecule has 0 aromatic carbocycles. The summed E-state index contributed by atoms with van der Waals surface area (Å²) in [6.07, 6.45) is 0.644. The fraction of sp³-hybridized carbons (Fsp3) is 1.00. The van der Waals surface area contributed by atoms with Crippen molar-refractivity contribution in [1.29, 1.82) is 0 Å².